The van der Waals surface area contributed by atoms with Crippen LogP contribution in [-0.2, 0) is 25.1 Å². The molecule has 2 aromatic rings. The molecule has 0 atom stereocenters. The van der Waals surface area contributed by atoms with Crippen LogP contribution in [0.3, 0.4) is 0 Å². The maximum atomic E-state index is 13.0. The minimum absolute atomic E-state index is 0.387. The summed E-state index contributed by atoms with van der Waals surface area (Å²) in [6.45, 7) is 3.01. The van der Waals surface area contributed by atoms with Gasteiger partial charge in [0.05, 0.1) is 13.2 Å². The molecule has 2 aliphatic heterocycles. The van der Waals surface area contributed by atoms with Crippen molar-refractivity contribution in [3.63, 3.8) is 0 Å². The van der Waals surface area contributed by atoms with Crippen LogP contribution in [0.2, 0.25) is 0 Å². The second kappa shape index (κ2) is 9.06. The third kappa shape index (κ3) is 4.26. The predicted molar refractivity (Wildman–Crippen MR) is 108 cm³/mol. The highest BCUT2D eigenvalue weighted by atomic mass is 32.2. The summed E-state index contributed by atoms with van der Waals surface area (Å²) >= 11 is 0. The topological polar surface area (TPSA) is 111 Å². The fraction of sp³-hybridized carbons (Fsp3) is 0.632. The first-order valence-corrected chi connectivity index (χ1v) is 11.5. The zero-order valence-corrected chi connectivity index (χ0v) is 17.9. The average molecular weight is 438 g/mol. The summed E-state index contributed by atoms with van der Waals surface area (Å²) in [7, 11) is -1.83. The molecule has 2 aliphatic rings. The summed E-state index contributed by atoms with van der Waals surface area (Å²) in [5.74, 6) is 1.04. The van der Waals surface area contributed by atoms with E-state index in [0.717, 1.165) is 5.56 Å². The lowest BCUT2D eigenvalue weighted by molar-refractivity contribution is 0.0681. The lowest BCUT2D eigenvalue weighted by atomic mass is 9.75. The highest BCUT2D eigenvalue weighted by molar-refractivity contribution is 7.86. The molecule has 30 heavy (non-hydrogen) atoms. The van der Waals surface area contributed by atoms with Gasteiger partial charge in [0.25, 0.3) is 16.1 Å². The Balaban J connectivity index is 1.52. The number of hydrogen-bond acceptors (Lipinski definition) is 8. The first-order valence-electron chi connectivity index (χ1n) is 10.1. The Morgan fingerprint density at radius 3 is 2.43 bits per heavy atom. The van der Waals surface area contributed by atoms with Crippen molar-refractivity contribution in [3.05, 3.63) is 30.4 Å². The Hall–Kier alpha value is -1.92. The van der Waals surface area contributed by atoms with E-state index in [2.05, 4.69) is 15.1 Å². The standard InChI is InChI=1S/C19H27N5O5S/c1-27-13-6-19(18-21-17(29-22-18)16-2-7-20-8-3-16)4-9-23(10-5-19)30(25,26)24-11-14-28-15-12-24/h2-3,7-8H,4-6,9-15H2,1H3. The third-order valence-corrected chi connectivity index (χ3v) is 7.95. The smallest absolute Gasteiger partial charge is 0.282 e. The fourth-order valence-corrected chi connectivity index (χ4v) is 5.60. The van der Waals surface area contributed by atoms with Crippen LogP contribution in [0.1, 0.15) is 25.1 Å². The molecule has 0 radical (unpaired) electrons. The minimum Gasteiger partial charge on any atom is -0.385 e. The lowest BCUT2D eigenvalue weighted by Gasteiger charge is -2.41. The van der Waals surface area contributed by atoms with Gasteiger partial charge >= 0.3 is 0 Å². The maximum absolute atomic E-state index is 13.0. The minimum atomic E-state index is -3.49. The Bertz CT molecular complexity index is 922. The Morgan fingerprint density at radius 2 is 1.77 bits per heavy atom. The Labute approximate surface area is 176 Å². The van der Waals surface area contributed by atoms with Crippen molar-refractivity contribution in [2.45, 2.75) is 24.7 Å². The first-order chi connectivity index (χ1) is 14.5. The molecule has 10 nitrogen and oxygen atoms in total. The summed E-state index contributed by atoms with van der Waals surface area (Å²) in [5.41, 5.74) is 0.417. The molecule has 0 unspecified atom stereocenters. The van der Waals surface area contributed by atoms with Crippen molar-refractivity contribution in [3.8, 4) is 11.5 Å². The van der Waals surface area contributed by atoms with Crippen molar-refractivity contribution in [1.82, 2.24) is 23.7 Å². The van der Waals surface area contributed by atoms with Crippen molar-refractivity contribution < 1.29 is 22.4 Å². The highest BCUT2D eigenvalue weighted by Crippen LogP contribution is 2.39. The van der Waals surface area contributed by atoms with Crippen LogP contribution in [0.25, 0.3) is 11.5 Å². The molecule has 0 saturated carbocycles. The van der Waals surface area contributed by atoms with Gasteiger partial charge in [0, 0.05) is 63.3 Å². The van der Waals surface area contributed by atoms with Gasteiger partial charge < -0.3 is 14.0 Å². The average Bonchev–Trinajstić information content (AvgIpc) is 3.30. The summed E-state index contributed by atoms with van der Waals surface area (Å²) in [6, 6.07) is 3.63. The number of rotatable bonds is 7. The van der Waals surface area contributed by atoms with Crippen LogP contribution in [0.15, 0.2) is 29.0 Å². The number of methoxy groups -OCH3 is 1. The molecule has 0 aromatic carbocycles. The van der Waals surface area contributed by atoms with Gasteiger partial charge in [0.2, 0.25) is 0 Å². The summed E-state index contributed by atoms with van der Waals surface area (Å²) in [5, 5.41) is 4.26. The number of piperidine rings is 1. The van der Waals surface area contributed by atoms with Crippen LogP contribution in [-0.4, -0.2) is 85.3 Å². The zero-order chi connectivity index (χ0) is 21.0. The fourth-order valence-electron chi connectivity index (χ4n) is 4.02. The second-order valence-corrected chi connectivity index (χ2v) is 9.53. The molecule has 0 spiro atoms. The summed E-state index contributed by atoms with van der Waals surface area (Å²) in [6.07, 6.45) is 5.26. The van der Waals surface area contributed by atoms with Crippen LogP contribution >= 0.6 is 0 Å². The molecule has 2 saturated heterocycles. The number of aromatic nitrogens is 3. The molecule has 164 valence electrons. The molecular weight excluding hydrogens is 410 g/mol. The van der Waals surface area contributed by atoms with Crippen LogP contribution in [0.5, 0.6) is 0 Å². The van der Waals surface area contributed by atoms with Gasteiger partial charge in [-0.05, 0) is 31.4 Å². The SMILES string of the molecule is COCCC1(c2noc(-c3ccncc3)n2)CCN(S(=O)(=O)N2CCOCC2)CC1. The van der Waals surface area contributed by atoms with E-state index in [1.807, 2.05) is 12.1 Å². The zero-order valence-electron chi connectivity index (χ0n) is 17.1. The normalized spacial score (nSPS) is 21.0. The number of nitrogens with zero attached hydrogens (tertiary/aromatic N) is 5. The van der Waals surface area contributed by atoms with E-state index in [4.69, 9.17) is 14.0 Å². The molecule has 11 heteroatoms. The Morgan fingerprint density at radius 1 is 1.10 bits per heavy atom. The van der Waals surface area contributed by atoms with E-state index >= 15 is 0 Å². The van der Waals surface area contributed by atoms with Crippen molar-refractivity contribution in [1.29, 1.82) is 0 Å². The van der Waals surface area contributed by atoms with Crippen molar-refractivity contribution >= 4 is 10.2 Å². The van der Waals surface area contributed by atoms with Gasteiger partial charge in [-0.3, -0.25) is 4.98 Å². The molecule has 0 aliphatic carbocycles. The largest absolute Gasteiger partial charge is 0.385 e. The molecule has 4 heterocycles. The van der Waals surface area contributed by atoms with Crippen LogP contribution in [0, 0.1) is 0 Å². The van der Waals surface area contributed by atoms with E-state index in [1.54, 1.807) is 23.8 Å². The van der Waals surface area contributed by atoms with Crippen molar-refractivity contribution in [2.75, 3.05) is 53.1 Å². The van der Waals surface area contributed by atoms with Gasteiger partial charge in [-0.1, -0.05) is 5.16 Å². The first kappa shape index (κ1) is 21.3. The Kier molecular flexibility index (Phi) is 6.44. The van der Waals surface area contributed by atoms with Gasteiger partial charge in [-0.2, -0.15) is 22.0 Å². The van der Waals surface area contributed by atoms with E-state index in [0.29, 0.717) is 77.0 Å². The molecule has 0 bridgehead atoms. The number of hydrogen-bond donors (Lipinski definition) is 0. The van der Waals surface area contributed by atoms with E-state index in [1.165, 1.54) is 4.31 Å². The lowest BCUT2D eigenvalue weighted by Crippen LogP contribution is -2.53. The molecule has 0 amide bonds. The predicted octanol–water partition coefficient (Wildman–Crippen LogP) is 1.08. The van der Waals surface area contributed by atoms with Gasteiger partial charge in [0.1, 0.15) is 0 Å². The number of ether oxygens (including phenoxy) is 2. The molecule has 2 fully saturated rings. The monoisotopic (exact) mass is 437 g/mol. The quantitative estimate of drug-likeness (QED) is 0.633. The van der Waals surface area contributed by atoms with Crippen molar-refractivity contribution in [2.24, 2.45) is 0 Å². The van der Waals surface area contributed by atoms with Crippen LogP contribution < -0.4 is 0 Å². The van der Waals surface area contributed by atoms with E-state index in [9.17, 15) is 8.42 Å². The highest BCUT2D eigenvalue weighted by Gasteiger charge is 2.44. The number of pyridine rings is 1. The summed E-state index contributed by atoms with van der Waals surface area (Å²) in [4.78, 5) is 8.66. The van der Waals surface area contributed by atoms with E-state index in [-0.39, 0.29) is 5.41 Å². The van der Waals surface area contributed by atoms with E-state index < -0.39 is 10.2 Å². The second-order valence-electron chi connectivity index (χ2n) is 7.60. The molecule has 4 rings (SSSR count). The molecule has 0 N–H and O–H groups in total. The van der Waals surface area contributed by atoms with Gasteiger partial charge in [-0.25, -0.2) is 0 Å². The maximum Gasteiger partial charge on any atom is 0.282 e. The molecule has 2 aromatic heterocycles. The summed E-state index contributed by atoms with van der Waals surface area (Å²) < 4.78 is 45.2. The van der Waals surface area contributed by atoms with Gasteiger partial charge in [-0.15, -0.1) is 0 Å². The van der Waals surface area contributed by atoms with Gasteiger partial charge in [0.15, 0.2) is 5.82 Å². The molecular formula is C19H27N5O5S. The third-order valence-electron chi connectivity index (χ3n) is 5.91. The van der Waals surface area contributed by atoms with Crippen LogP contribution in [0.4, 0.5) is 0 Å². The number of morpholine rings is 1.